The molecule has 2 rings (SSSR count). The molecule has 0 spiro atoms. The van der Waals surface area contributed by atoms with E-state index >= 15 is 0 Å². The zero-order valence-electron chi connectivity index (χ0n) is 15.0. The fraction of sp³-hybridized carbons (Fsp3) is 0.944. The number of hydrogen-bond acceptors (Lipinski definition) is 3. The van der Waals surface area contributed by atoms with Crippen LogP contribution in [0.15, 0.2) is 0 Å². The molecule has 3 unspecified atom stereocenters. The fourth-order valence-electron chi connectivity index (χ4n) is 3.61. The van der Waals surface area contributed by atoms with Crippen LogP contribution in [-0.4, -0.2) is 29.8 Å². The molecule has 0 aromatic carbocycles. The highest BCUT2D eigenvalue weighted by molar-refractivity contribution is 5.69. The van der Waals surface area contributed by atoms with Crippen molar-refractivity contribution in [2.75, 3.05) is 6.54 Å². The van der Waals surface area contributed by atoms with E-state index in [1.165, 1.54) is 25.7 Å². The predicted molar refractivity (Wildman–Crippen MR) is 89.9 cm³/mol. The first-order valence-electron chi connectivity index (χ1n) is 8.94. The number of hydrogen-bond donors (Lipinski definition) is 2. The van der Waals surface area contributed by atoms with Crippen LogP contribution in [0.5, 0.6) is 0 Å². The lowest BCUT2D eigenvalue weighted by molar-refractivity contribution is 0.0371. The molecule has 3 atom stereocenters. The summed E-state index contributed by atoms with van der Waals surface area (Å²) in [6.45, 7) is 11.3. The van der Waals surface area contributed by atoms with E-state index in [4.69, 9.17) is 4.74 Å². The Hall–Kier alpha value is -0.770. The molecule has 4 nitrogen and oxygen atoms in total. The second-order valence-corrected chi connectivity index (χ2v) is 8.64. The van der Waals surface area contributed by atoms with Gasteiger partial charge in [0.1, 0.15) is 5.60 Å². The summed E-state index contributed by atoms with van der Waals surface area (Å²) in [5.41, 5.74) is -0.529. The molecule has 22 heavy (non-hydrogen) atoms. The minimum Gasteiger partial charge on any atom is -0.444 e. The molecule has 0 radical (unpaired) electrons. The summed E-state index contributed by atoms with van der Waals surface area (Å²) < 4.78 is 5.42. The third-order valence-electron chi connectivity index (χ3n) is 5.24. The maximum atomic E-state index is 12.1. The lowest BCUT2D eigenvalue weighted by Crippen LogP contribution is -2.61. The fourth-order valence-corrected chi connectivity index (χ4v) is 3.61. The van der Waals surface area contributed by atoms with Gasteiger partial charge in [0, 0.05) is 12.6 Å². The average Bonchev–Trinajstić information content (AvgIpc) is 2.34. The Balaban J connectivity index is 1.84. The topological polar surface area (TPSA) is 50.4 Å². The van der Waals surface area contributed by atoms with Gasteiger partial charge in [-0.3, -0.25) is 0 Å². The smallest absolute Gasteiger partial charge is 0.408 e. The molecule has 2 N–H and O–H groups in total. The summed E-state index contributed by atoms with van der Waals surface area (Å²) in [5.74, 6) is 1.54. The first kappa shape index (κ1) is 17.6. The van der Waals surface area contributed by atoms with Crippen LogP contribution in [0.4, 0.5) is 4.79 Å². The van der Waals surface area contributed by atoms with Gasteiger partial charge in [0.2, 0.25) is 0 Å². The van der Waals surface area contributed by atoms with Crippen LogP contribution in [-0.2, 0) is 4.74 Å². The summed E-state index contributed by atoms with van der Waals surface area (Å²) in [6, 6.07) is 0.585. The molecule has 0 aliphatic heterocycles. The largest absolute Gasteiger partial charge is 0.444 e. The van der Waals surface area contributed by atoms with E-state index < -0.39 is 5.60 Å². The van der Waals surface area contributed by atoms with E-state index in [0.717, 1.165) is 31.2 Å². The molecule has 0 aromatic rings. The van der Waals surface area contributed by atoms with E-state index in [2.05, 4.69) is 24.5 Å². The van der Waals surface area contributed by atoms with Gasteiger partial charge in [-0.1, -0.05) is 20.3 Å². The van der Waals surface area contributed by atoms with E-state index in [1.54, 1.807) is 0 Å². The van der Waals surface area contributed by atoms with Crippen molar-refractivity contribution in [2.24, 2.45) is 11.8 Å². The molecule has 4 heteroatoms. The van der Waals surface area contributed by atoms with E-state index in [1.807, 2.05) is 20.8 Å². The normalized spacial score (nSPS) is 31.2. The number of alkyl carbamates (subject to hydrolysis) is 1. The van der Waals surface area contributed by atoms with E-state index in [-0.39, 0.29) is 11.6 Å². The number of amides is 1. The highest BCUT2D eigenvalue weighted by atomic mass is 16.6. The van der Waals surface area contributed by atoms with Crippen molar-refractivity contribution < 1.29 is 9.53 Å². The van der Waals surface area contributed by atoms with Gasteiger partial charge in [-0.05, 0) is 64.7 Å². The van der Waals surface area contributed by atoms with Crippen LogP contribution in [0.2, 0.25) is 0 Å². The molecule has 0 aromatic heterocycles. The number of carbonyl (C=O) groups excluding carboxylic acids is 1. The van der Waals surface area contributed by atoms with Crippen molar-refractivity contribution in [3.8, 4) is 0 Å². The molecule has 0 bridgehead atoms. The van der Waals surface area contributed by atoms with Gasteiger partial charge in [0.05, 0.1) is 5.54 Å². The highest BCUT2D eigenvalue weighted by Crippen LogP contribution is 2.33. The third kappa shape index (κ3) is 4.87. The van der Waals surface area contributed by atoms with Gasteiger partial charge in [-0.15, -0.1) is 0 Å². The number of rotatable bonds is 4. The molecule has 1 amide bonds. The summed E-state index contributed by atoms with van der Waals surface area (Å²) in [4.78, 5) is 12.1. The first-order chi connectivity index (χ1) is 10.2. The molecule has 2 aliphatic rings. The van der Waals surface area contributed by atoms with Crippen LogP contribution < -0.4 is 10.6 Å². The van der Waals surface area contributed by atoms with Crippen molar-refractivity contribution in [2.45, 2.75) is 90.3 Å². The Bertz CT molecular complexity index is 385. The summed E-state index contributed by atoms with van der Waals surface area (Å²) >= 11 is 0. The van der Waals surface area contributed by atoms with Crippen molar-refractivity contribution in [3.05, 3.63) is 0 Å². The highest BCUT2D eigenvalue weighted by Gasteiger charge is 2.40. The molecule has 2 saturated carbocycles. The van der Waals surface area contributed by atoms with Crippen LogP contribution in [0.25, 0.3) is 0 Å². The van der Waals surface area contributed by atoms with Gasteiger partial charge >= 0.3 is 6.09 Å². The minimum atomic E-state index is -0.435. The molecular formula is C18H34N2O2. The van der Waals surface area contributed by atoms with Crippen LogP contribution in [0.3, 0.4) is 0 Å². The molecule has 0 saturated heterocycles. The molecule has 0 heterocycles. The number of carbonyl (C=O) groups is 1. The standard InChI is InChI=1S/C18H34N2O2/c1-13-7-8-14(2)15(11-13)19-12-18(9-6-10-18)20-16(21)22-17(3,4)5/h13-15,19H,6-12H2,1-5H3,(H,20,21). The summed E-state index contributed by atoms with van der Waals surface area (Å²) in [7, 11) is 0. The van der Waals surface area contributed by atoms with Gasteiger partial charge in [-0.25, -0.2) is 4.79 Å². The van der Waals surface area contributed by atoms with Gasteiger partial charge in [0.25, 0.3) is 0 Å². The second-order valence-electron chi connectivity index (χ2n) is 8.64. The van der Waals surface area contributed by atoms with E-state index in [0.29, 0.717) is 6.04 Å². The Kier molecular flexibility index (Phi) is 5.41. The van der Waals surface area contributed by atoms with Gasteiger partial charge in [-0.2, -0.15) is 0 Å². The SMILES string of the molecule is CC1CCC(C)C(NCC2(NC(=O)OC(C)(C)C)CCC2)C1. The van der Waals surface area contributed by atoms with Crippen LogP contribution in [0, 0.1) is 11.8 Å². The van der Waals surface area contributed by atoms with Gasteiger partial charge in [0.15, 0.2) is 0 Å². The Morgan fingerprint density at radius 3 is 2.45 bits per heavy atom. The van der Waals surface area contributed by atoms with Crippen LogP contribution in [0.1, 0.15) is 73.1 Å². The van der Waals surface area contributed by atoms with Crippen LogP contribution >= 0.6 is 0 Å². The monoisotopic (exact) mass is 310 g/mol. The predicted octanol–water partition coefficient (Wildman–Crippen LogP) is 3.85. The van der Waals surface area contributed by atoms with Crippen molar-refractivity contribution in [1.82, 2.24) is 10.6 Å². The zero-order chi connectivity index (χ0) is 16.4. The lowest BCUT2D eigenvalue weighted by Gasteiger charge is -2.45. The van der Waals surface area contributed by atoms with Crippen molar-refractivity contribution >= 4 is 6.09 Å². The maximum Gasteiger partial charge on any atom is 0.408 e. The van der Waals surface area contributed by atoms with Crippen molar-refractivity contribution in [1.29, 1.82) is 0 Å². The third-order valence-corrected chi connectivity index (χ3v) is 5.24. The summed E-state index contributed by atoms with van der Waals surface area (Å²) in [6.07, 6.45) is 6.93. The first-order valence-corrected chi connectivity index (χ1v) is 8.94. The van der Waals surface area contributed by atoms with E-state index in [9.17, 15) is 4.79 Å². The Morgan fingerprint density at radius 1 is 1.23 bits per heavy atom. The maximum absolute atomic E-state index is 12.1. The molecule has 128 valence electrons. The summed E-state index contributed by atoms with van der Waals surface area (Å²) in [5, 5.41) is 6.87. The average molecular weight is 310 g/mol. The number of nitrogens with one attached hydrogen (secondary N) is 2. The number of ether oxygens (including phenoxy) is 1. The zero-order valence-corrected chi connectivity index (χ0v) is 15.0. The Morgan fingerprint density at radius 2 is 1.91 bits per heavy atom. The minimum absolute atomic E-state index is 0.0945. The molecular weight excluding hydrogens is 276 g/mol. The second kappa shape index (κ2) is 6.77. The Labute approximate surface area is 135 Å². The quantitative estimate of drug-likeness (QED) is 0.829. The van der Waals surface area contributed by atoms with Gasteiger partial charge < -0.3 is 15.4 Å². The van der Waals surface area contributed by atoms with Crippen molar-refractivity contribution in [3.63, 3.8) is 0 Å². The molecule has 2 fully saturated rings. The lowest BCUT2D eigenvalue weighted by atomic mass is 9.75. The molecule has 2 aliphatic carbocycles.